The minimum atomic E-state index is -5.69. The van der Waals surface area contributed by atoms with Gasteiger partial charge < -0.3 is 85.1 Å². The summed E-state index contributed by atoms with van der Waals surface area (Å²) < 4.78 is 270. The van der Waals surface area contributed by atoms with Gasteiger partial charge in [0.05, 0.1) is 57.8 Å². The second-order valence-electron chi connectivity index (χ2n) is 22.3. The molecule has 11 aromatic rings. The van der Waals surface area contributed by atoms with E-state index in [2.05, 4.69) is 108 Å². The number of hydrogen-bond donors (Lipinski definition) is 9. The van der Waals surface area contributed by atoms with Gasteiger partial charge in [0.15, 0.2) is 17.4 Å². The number of hydrazone groups is 1. The van der Waals surface area contributed by atoms with Gasteiger partial charge in [0.25, 0.3) is 5.91 Å². The van der Waals surface area contributed by atoms with Crippen molar-refractivity contribution in [3.63, 3.8) is 0 Å². The van der Waals surface area contributed by atoms with E-state index in [9.17, 15) is 115 Å². The number of carbonyl (C=O) groups excluding carboxylic acids is 1. The number of aromatic hydroxyl groups is 3. The molecule has 613 valence electrons. The van der Waals surface area contributed by atoms with Crippen LogP contribution in [0.3, 0.4) is 0 Å². The van der Waals surface area contributed by atoms with Gasteiger partial charge in [-0.2, -0.15) is 77.5 Å². The number of azo groups is 1. The summed E-state index contributed by atoms with van der Waals surface area (Å²) in [5.74, 6) is -9.25. The minimum absolute atomic E-state index is 0. The molecule has 5 heterocycles. The Labute approximate surface area is 709 Å². The van der Waals surface area contributed by atoms with Crippen LogP contribution in [-0.2, 0) is 82.3 Å². The zero-order valence-corrected chi connectivity index (χ0v) is 68.0. The van der Waals surface area contributed by atoms with Gasteiger partial charge in [-0.25, -0.2) is 50.5 Å². The number of aromatic nitrogens is 10. The van der Waals surface area contributed by atoms with Crippen molar-refractivity contribution in [2.45, 2.75) is 36.3 Å². The Morgan fingerprint density at radius 3 is 1.36 bits per heavy atom. The first-order valence-corrected chi connectivity index (χ1v) is 40.0. The van der Waals surface area contributed by atoms with Crippen LogP contribution in [0.2, 0.25) is 20.6 Å². The molecule has 0 aliphatic carbocycles. The molecule has 0 fully saturated rings. The smallest absolute Gasteiger partial charge is 0.744 e. The molecule has 1 amide bonds. The molecule has 0 bridgehead atoms. The molecule has 44 nitrogen and oxygen atoms in total. The van der Waals surface area contributed by atoms with Gasteiger partial charge >= 0.3 is 41.7 Å². The van der Waals surface area contributed by atoms with Crippen LogP contribution in [0, 0.1) is 24.1 Å². The maximum absolute atomic E-state index is 13.9. The summed E-state index contributed by atoms with van der Waals surface area (Å²) in [5.41, 5.74) is -0.0829. The molecule has 0 saturated carbocycles. The van der Waals surface area contributed by atoms with Crippen LogP contribution in [0.5, 0.6) is 17.2 Å². The molecule has 0 spiro atoms. The summed E-state index contributed by atoms with van der Waals surface area (Å²) in [6.07, 6.45) is -2.98. The molecule has 0 unspecified atom stereocenters. The van der Waals surface area contributed by atoms with Gasteiger partial charge in [0.1, 0.15) is 99.3 Å². The van der Waals surface area contributed by atoms with Gasteiger partial charge in [0.2, 0.25) is 46.3 Å². The number of nitrogens with zero attached hydrogens (tertiary/aromatic N) is 16. The van der Waals surface area contributed by atoms with E-state index in [4.69, 9.17) is 46.4 Å². The van der Waals surface area contributed by atoms with Crippen molar-refractivity contribution in [1.82, 2.24) is 49.8 Å². The SMILES string of the molecule is CC1=NN(c2ccc(Nc3nc(Cl)nc(Nc4cc(Nc5nc(F)nc(F)c5Cl)ccc4S(=O)(=O)[O-])n3)cc2)C(=O)/C1=N\[N-]c1cc(S(=O)(=O)[O-])ccc1O.O=S(=O)([O-])c1ccc(O)c(N=Nc2c(S(=O)(=O)[O-])cc3cc(S(=O)(=O)[O-])cc(Nc4nc(Cl)nc(Nc5cc(Nc6nc(F)nc(F)c6Cl)ccc5S(=O)(=O)[O-])n4)c3c2O)c1.[Co].[Na+]. The number of rotatable bonds is 23. The molecule has 12 rings (SSSR count). The van der Waals surface area contributed by atoms with Crippen molar-refractivity contribution in [3.05, 3.63) is 165 Å². The fourth-order valence-electron chi connectivity index (χ4n) is 9.64. The van der Waals surface area contributed by atoms with Gasteiger partial charge in [0, 0.05) is 39.2 Å². The van der Waals surface area contributed by atoms with Gasteiger partial charge in [-0.05, 0) is 145 Å². The molecule has 0 saturated heterocycles. The molecule has 118 heavy (non-hydrogen) atoms. The number of phenolic OH excluding ortho intramolecular Hbond substituents is 3. The van der Waals surface area contributed by atoms with E-state index in [1.807, 2.05) is 0 Å². The summed E-state index contributed by atoms with van der Waals surface area (Å²) >= 11 is 23.7. The Balaban J connectivity index is 0.000000266. The second-order valence-corrected chi connectivity index (χ2v) is 31.9. The van der Waals surface area contributed by atoms with Crippen LogP contribution in [0.4, 0.5) is 110 Å². The van der Waals surface area contributed by atoms with Crippen LogP contribution < -0.4 is 66.5 Å². The van der Waals surface area contributed by atoms with Gasteiger partial charge in [-0.3, -0.25) is 4.79 Å². The summed E-state index contributed by atoms with van der Waals surface area (Å²) in [7, 11) is -31.6. The third-order valence-electron chi connectivity index (χ3n) is 14.6. The first kappa shape index (κ1) is 91.1. The minimum Gasteiger partial charge on any atom is -0.744 e. The van der Waals surface area contributed by atoms with E-state index in [-0.39, 0.29) is 103 Å². The molecule has 1 aliphatic rings. The average Bonchev–Trinajstić information content (AvgIpc) is 0.862. The molecular weight excluding hydrogens is 1850 g/mol. The second kappa shape index (κ2) is 35.4. The van der Waals surface area contributed by atoms with E-state index < -0.39 is 210 Å². The third-order valence-corrected chi connectivity index (χ3v) is 20.7. The quantitative estimate of drug-likeness (QED) is 0.00689. The van der Waals surface area contributed by atoms with Crippen LogP contribution in [-0.4, -0.2) is 160 Å². The van der Waals surface area contributed by atoms with E-state index in [1.54, 1.807) is 0 Å². The van der Waals surface area contributed by atoms with E-state index >= 15 is 0 Å². The number of fused-ring (bicyclic) bond motifs is 1. The molecule has 0 atom stereocenters. The molecule has 1 aliphatic heterocycles. The van der Waals surface area contributed by atoms with Crippen molar-refractivity contribution in [2.75, 3.05) is 36.9 Å². The van der Waals surface area contributed by atoms with Crippen molar-refractivity contribution in [3.8, 4) is 17.2 Å². The van der Waals surface area contributed by atoms with Crippen molar-refractivity contribution < 1.29 is 162 Å². The summed E-state index contributed by atoms with van der Waals surface area (Å²) in [6, 6.07) is 17.7. The average molecular weight is 1880 g/mol. The normalized spacial score (nSPS) is 12.9. The predicted molar refractivity (Wildman–Crippen MR) is 387 cm³/mol. The van der Waals surface area contributed by atoms with E-state index in [0.717, 1.165) is 59.6 Å². The van der Waals surface area contributed by atoms with Crippen LogP contribution in [0.1, 0.15) is 6.92 Å². The summed E-state index contributed by atoms with van der Waals surface area (Å²) in [6.45, 7) is 1.45. The standard InChI is InChI=1S/C29H20Cl2F2N12O8S2.C29H18Cl2F2N10O14S4.Co.Na/c1-12-22(43-42-17-11-16(54(48,49)50)7-8-19(17)46)25(47)45(44-12)15-5-2-13(3-6-15)35-28-39-26(31)40-29(41-28)36-18-10-14(4-9-20(18)55(51,52)53)34-24-21(30)23(32)37-27(33)38-24;30-21-24(32)37-27(33)38-25(21)34-11-1-4-18(60(52,53)54)15(7-11)35-28-39-26(31)40-29(41-28)36-16-9-13(59(49,50)51)5-10-6-19(61(55,56)57)22(23(45)20(10)16)43-42-14-8-12(58(46,47)48)2-3-17(14)44;;/h2-11H,1H3,(H7,34,35,36,37,38,39,40,41,42,43,44,46,47,48,49,50,51,52,53);1-9,44-45H,(H,34,37,38)(H,46,47,48)(H,49,50,51)(H,52,53,54)(H,55,56,57)(H2,35,36,39,40,41);;/q;;;+1/p-7. The zero-order chi connectivity index (χ0) is 84.8. The largest absolute Gasteiger partial charge is 1.00 e. The topological polar surface area (TPSA) is 689 Å². The summed E-state index contributed by atoms with van der Waals surface area (Å²) in [5, 5.41) is 58.6. The number of halogens is 8. The Hall–Kier alpha value is -10.8. The number of carbonyl (C=O) groups is 1. The first-order valence-electron chi connectivity index (χ1n) is 30.0. The maximum Gasteiger partial charge on any atom is 1.00 e. The van der Waals surface area contributed by atoms with Crippen molar-refractivity contribution in [1.29, 1.82) is 0 Å². The van der Waals surface area contributed by atoms with Crippen molar-refractivity contribution >= 4 is 228 Å². The Bertz CT molecular complexity index is 6830. The number of anilines is 13. The molecule has 7 aromatic carbocycles. The van der Waals surface area contributed by atoms with Gasteiger partial charge in [-0.15, -0.1) is 10.2 Å². The Morgan fingerprint density at radius 1 is 0.458 bits per heavy atom. The third kappa shape index (κ3) is 21.8. The summed E-state index contributed by atoms with van der Waals surface area (Å²) in [4.78, 5) is 43.0. The zero-order valence-electron chi connectivity index (χ0n) is 57.0. The predicted octanol–water partition coefficient (Wildman–Crippen LogP) is 5.85. The molecule has 9 N–H and O–H groups in total. The monoisotopic (exact) mass is 1880 g/mol. The molecule has 1 radical (unpaired) electrons. The fourth-order valence-corrected chi connectivity index (χ4v) is 13.6. The van der Waals surface area contributed by atoms with Crippen LogP contribution in [0.15, 0.2) is 165 Å². The molecule has 60 heteroatoms. The number of amides is 1. The Morgan fingerprint density at radius 2 is 0.898 bits per heavy atom. The maximum atomic E-state index is 13.9. The van der Waals surface area contributed by atoms with E-state index in [0.29, 0.717) is 42.1 Å². The van der Waals surface area contributed by atoms with Crippen LogP contribution >= 0.6 is 46.4 Å². The number of phenols is 3. The molecular formula is C58H31Cl4CoF4N22NaO22S6-6. The number of benzene rings is 7. The van der Waals surface area contributed by atoms with Gasteiger partial charge in [-0.1, -0.05) is 35.0 Å². The number of nitrogens with one attached hydrogen (secondary N) is 6. The van der Waals surface area contributed by atoms with Crippen LogP contribution in [0.25, 0.3) is 16.2 Å². The fraction of sp³-hybridized carbons (Fsp3) is 0.0172. The van der Waals surface area contributed by atoms with E-state index in [1.165, 1.54) is 31.2 Å². The Kier molecular flexibility index (Phi) is 27.4. The number of hydrogen-bond acceptors (Lipinski definition) is 42. The van der Waals surface area contributed by atoms with Crippen molar-refractivity contribution in [2.24, 2.45) is 20.4 Å². The first-order chi connectivity index (χ1) is 54.0. The molecule has 4 aromatic heterocycles.